The van der Waals surface area contributed by atoms with Crippen LogP contribution in [0.5, 0.6) is 5.88 Å². The lowest BCUT2D eigenvalue weighted by Crippen LogP contribution is -2.39. The Hall–Kier alpha value is -3.69. The highest BCUT2D eigenvalue weighted by Gasteiger charge is 2.30. The molecular weight excluding hydrogens is 380 g/mol. The van der Waals surface area contributed by atoms with Crippen LogP contribution in [-0.2, 0) is 16.6 Å². The number of hydrogen-bond donors (Lipinski definition) is 1. The third-order valence-electron chi connectivity index (χ3n) is 3.87. The van der Waals surface area contributed by atoms with Gasteiger partial charge in [-0.1, -0.05) is 18.2 Å². The fourth-order valence-electron chi connectivity index (χ4n) is 2.36. The predicted molar refractivity (Wildman–Crippen MR) is 107 cm³/mol. The van der Waals surface area contributed by atoms with Gasteiger partial charge < -0.3 is 9.47 Å². The van der Waals surface area contributed by atoms with Crippen molar-refractivity contribution in [1.82, 2.24) is 14.5 Å². The zero-order valence-corrected chi connectivity index (χ0v) is 16.6. The first-order chi connectivity index (χ1) is 13.8. The van der Waals surface area contributed by atoms with E-state index >= 15 is 0 Å². The molecule has 0 saturated carbocycles. The monoisotopic (exact) mass is 402 g/mol. The molecule has 0 spiro atoms. The molecule has 1 N–H and O–H groups in total. The molecule has 10 nitrogen and oxygen atoms in total. The molecule has 0 fully saturated rings. The van der Waals surface area contributed by atoms with Crippen molar-refractivity contribution in [1.29, 1.82) is 0 Å². The normalized spacial score (nSPS) is 16.2. The molecule has 1 aliphatic rings. The molecule has 1 aliphatic heterocycles. The third-order valence-corrected chi connectivity index (χ3v) is 3.87. The minimum absolute atomic E-state index is 0.0395. The van der Waals surface area contributed by atoms with Crippen LogP contribution < -0.4 is 16.0 Å². The van der Waals surface area contributed by atoms with Crippen LogP contribution in [0.3, 0.4) is 0 Å². The number of hydrogen-bond acceptors (Lipinski definition) is 6. The molecule has 1 aromatic heterocycles. The summed E-state index contributed by atoms with van der Waals surface area (Å²) in [5, 5.41) is 0. The van der Waals surface area contributed by atoms with Crippen molar-refractivity contribution in [2.75, 3.05) is 20.3 Å². The molecule has 2 rings (SSSR count). The molecule has 2 heterocycles. The number of imide groups is 1. The van der Waals surface area contributed by atoms with Crippen LogP contribution in [0.15, 0.2) is 44.5 Å². The summed E-state index contributed by atoms with van der Waals surface area (Å²) < 4.78 is 11.5. The standard InChI is InChI=1S/C19H22N4O6/c1-5-28-14-12(16(24)22(3)18(26)20-14)10-8-7-9-11-13-15(29-6-2)21-19(27)23(4)17(13)25/h7-11H,5-6H2,1-4H3,(H,20,26). The fourth-order valence-corrected chi connectivity index (χ4v) is 2.36. The second-order valence-corrected chi connectivity index (χ2v) is 5.79. The number of H-pyrrole nitrogens is 1. The van der Waals surface area contributed by atoms with Gasteiger partial charge in [0.25, 0.3) is 11.5 Å². The topological polar surface area (TPSA) is 123 Å². The average molecular weight is 402 g/mol. The summed E-state index contributed by atoms with van der Waals surface area (Å²) in [5.41, 5.74) is -0.767. The Bertz CT molecular complexity index is 1040. The van der Waals surface area contributed by atoms with E-state index in [9.17, 15) is 19.2 Å². The molecule has 0 unspecified atom stereocenters. The molecule has 0 aromatic carbocycles. The van der Waals surface area contributed by atoms with Crippen LogP contribution in [0.1, 0.15) is 19.4 Å². The number of allylic oxidation sites excluding steroid dienone is 4. The fraction of sp³-hybridized carbons (Fsp3) is 0.316. The van der Waals surface area contributed by atoms with Gasteiger partial charge in [0.2, 0.25) is 11.8 Å². The second kappa shape index (κ2) is 9.49. The highest BCUT2D eigenvalue weighted by Crippen LogP contribution is 2.14. The highest BCUT2D eigenvalue weighted by molar-refractivity contribution is 6.27. The minimum atomic E-state index is -0.697. The van der Waals surface area contributed by atoms with E-state index in [4.69, 9.17) is 9.47 Å². The lowest BCUT2D eigenvalue weighted by molar-refractivity contribution is -0.123. The summed E-state index contributed by atoms with van der Waals surface area (Å²) in [4.78, 5) is 55.0. The summed E-state index contributed by atoms with van der Waals surface area (Å²) in [5.74, 6) is -0.491. The largest absolute Gasteiger partial charge is 0.479 e. The summed E-state index contributed by atoms with van der Waals surface area (Å²) in [7, 11) is 2.69. The van der Waals surface area contributed by atoms with E-state index in [-0.39, 0.29) is 36.1 Å². The summed E-state index contributed by atoms with van der Waals surface area (Å²) in [6, 6.07) is -0.697. The number of aromatic nitrogens is 2. The van der Waals surface area contributed by atoms with E-state index in [0.29, 0.717) is 0 Å². The van der Waals surface area contributed by atoms with Gasteiger partial charge in [-0.2, -0.15) is 4.99 Å². The van der Waals surface area contributed by atoms with Gasteiger partial charge in [-0.05, 0) is 26.0 Å². The number of rotatable bonds is 6. The van der Waals surface area contributed by atoms with Crippen LogP contribution in [0.2, 0.25) is 0 Å². The van der Waals surface area contributed by atoms with Gasteiger partial charge in [-0.15, -0.1) is 0 Å². The van der Waals surface area contributed by atoms with Crippen molar-refractivity contribution < 1.29 is 19.1 Å². The molecule has 1 aromatic rings. The van der Waals surface area contributed by atoms with E-state index < -0.39 is 23.2 Å². The van der Waals surface area contributed by atoms with Gasteiger partial charge in [0, 0.05) is 14.1 Å². The van der Waals surface area contributed by atoms with Gasteiger partial charge in [0.15, 0.2) is 0 Å². The Morgan fingerprint density at radius 1 is 1.00 bits per heavy atom. The van der Waals surface area contributed by atoms with Gasteiger partial charge in [0.1, 0.15) is 11.1 Å². The molecule has 0 bridgehead atoms. The first kappa shape index (κ1) is 21.6. The summed E-state index contributed by atoms with van der Waals surface area (Å²) in [6.45, 7) is 3.97. The number of urea groups is 1. The Kier molecular flexibility index (Phi) is 7.07. The predicted octanol–water partition coefficient (Wildman–Crippen LogP) is 0.995. The number of ether oxygens (including phenoxy) is 2. The average Bonchev–Trinajstić information content (AvgIpc) is 2.68. The van der Waals surface area contributed by atoms with E-state index in [1.165, 1.54) is 26.2 Å². The molecule has 10 heteroatoms. The zero-order valence-electron chi connectivity index (χ0n) is 16.6. The SMILES string of the molecule is CCOC1=NC(=O)N(C)C(=O)C1=CC=CC=Cc1c(OCC)[nH]c(=O)n(C)c1=O. The van der Waals surface area contributed by atoms with Crippen molar-refractivity contribution >= 4 is 23.9 Å². The number of carbonyl (C=O) groups is 2. The number of amides is 3. The van der Waals surface area contributed by atoms with Crippen molar-refractivity contribution in [3.05, 3.63) is 56.3 Å². The first-order valence-corrected chi connectivity index (χ1v) is 8.86. The smallest absolute Gasteiger partial charge is 0.353 e. The van der Waals surface area contributed by atoms with E-state index in [1.54, 1.807) is 32.1 Å². The highest BCUT2D eigenvalue weighted by atomic mass is 16.5. The van der Waals surface area contributed by atoms with Crippen molar-refractivity contribution in [2.24, 2.45) is 12.0 Å². The molecule has 0 atom stereocenters. The van der Waals surface area contributed by atoms with Crippen LogP contribution >= 0.6 is 0 Å². The maximum absolute atomic E-state index is 12.3. The number of aromatic amines is 1. The maximum Gasteiger partial charge on any atom is 0.353 e. The van der Waals surface area contributed by atoms with Crippen molar-refractivity contribution in [3.63, 3.8) is 0 Å². The number of nitrogens with zero attached hydrogens (tertiary/aromatic N) is 3. The van der Waals surface area contributed by atoms with Crippen molar-refractivity contribution in [3.8, 4) is 5.88 Å². The van der Waals surface area contributed by atoms with E-state index in [0.717, 1.165) is 9.47 Å². The molecular formula is C19H22N4O6. The van der Waals surface area contributed by atoms with Gasteiger partial charge in [-0.3, -0.25) is 24.0 Å². The lowest BCUT2D eigenvalue weighted by Gasteiger charge is -2.21. The maximum atomic E-state index is 12.3. The number of likely N-dealkylation sites (N-methyl/N-ethyl adjacent to an activating group) is 1. The lowest BCUT2D eigenvalue weighted by atomic mass is 10.2. The van der Waals surface area contributed by atoms with E-state index in [1.807, 2.05) is 0 Å². The van der Waals surface area contributed by atoms with Gasteiger partial charge in [0.05, 0.1) is 13.2 Å². The zero-order chi connectivity index (χ0) is 21.6. The first-order valence-electron chi connectivity index (χ1n) is 8.86. The molecule has 0 aliphatic carbocycles. The Labute approximate surface area is 166 Å². The molecule has 3 amide bonds. The number of nitrogens with one attached hydrogen (secondary N) is 1. The Morgan fingerprint density at radius 3 is 2.34 bits per heavy atom. The summed E-state index contributed by atoms with van der Waals surface area (Å²) in [6.07, 6.45) is 7.60. The molecule has 0 saturated heterocycles. The second-order valence-electron chi connectivity index (χ2n) is 5.79. The van der Waals surface area contributed by atoms with Crippen LogP contribution in [0, 0.1) is 0 Å². The summed E-state index contributed by atoms with van der Waals surface area (Å²) >= 11 is 0. The van der Waals surface area contributed by atoms with Crippen LogP contribution in [-0.4, -0.2) is 52.5 Å². The Morgan fingerprint density at radius 2 is 1.69 bits per heavy atom. The van der Waals surface area contributed by atoms with Crippen LogP contribution in [0.25, 0.3) is 6.08 Å². The minimum Gasteiger partial charge on any atom is -0.479 e. The molecule has 154 valence electrons. The number of aliphatic imine (C=N–C) groups is 1. The Balaban J connectivity index is 2.31. The number of carbonyl (C=O) groups excluding carboxylic acids is 2. The quantitative estimate of drug-likeness (QED) is 0.559. The van der Waals surface area contributed by atoms with Crippen LogP contribution in [0.4, 0.5) is 4.79 Å². The van der Waals surface area contributed by atoms with E-state index in [2.05, 4.69) is 9.98 Å². The van der Waals surface area contributed by atoms with Crippen molar-refractivity contribution in [2.45, 2.75) is 13.8 Å². The molecule has 29 heavy (non-hydrogen) atoms. The third kappa shape index (κ3) is 4.78. The van der Waals surface area contributed by atoms with Gasteiger partial charge >= 0.3 is 11.7 Å². The molecule has 0 radical (unpaired) electrons. The van der Waals surface area contributed by atoms with Gasteiger partial charge in [-0.25, -0.2) is 9.59 Å².